The number of nitrogens with zero attached hydrogens (tertiary/aromatic N) is 4. The first kappa shape index (κ1) is 24.7. The number of aryl methyl sites for hydroxylation is 1. The second-order valence-corrected chi connectivity index (χ2v) is 9.11. The Morgan fingerprint density at radius 2 is 2.00 bits per heavy atom. The van der Waals surface area contributed by atoms with Gasteiger partial charge in [0.25, 0.3) is 5.91 Å². The molecular formula is C19H28FN5O5S. The first-order chi connectivity index (χ1) is 14.7. The van der Waals surface area contributed by atoms with Crippen molar-refractivity contribution in [1.29, 1.82) is 0 Å². The Balaban J connectivity index is 2.35. The smallest absolute Gasteiger partial charge is 0.262 e. The van der Waals surface area contributed by atoms with Crippen LogP contribution in [0, 0.1) is 5.92 Å². The summed E-state index contributed by atoms with van der Waals surface area (Å²) in [6.45, 7) is 2.91. The van der Waals surface area contributed by atoms with Crippen molar-refractivity contribution in [2.75, 3.05) is 20.3 Å². The molecule has 0 saturated carbocycles. The quantitative estimate of drug-likeness (QED) is 0.364. The van der Waals surface area contributed by atoms with Crippen molar-refractivity contribution < 1.29 is 27.5 Å². The van der Waals surface area contributed by atoms with Gasteiger partial charge < -0.3 is 4.74 Å². The number of sulfonamides is 1. The lowest BCUT2D eigenvalue weighted by Crippen LogP contribution is -2.52. The van der Waals surface area contributed by atoms with E-state index >= 15 is 0 Å². The summed E-state index contributed by atoms with van der Waals surface area (Å²) in [5.74, 6) is -0.784. The number of alkyl halides is 1. The molecule has 2 rings (SSSR count). The molecule has 0 saturated heterocycles. The van der Waals surface area contributed by atoms with Crippen molar-refractivity contribution in [2.24, 2.45) is 5.92 Å². The lowest BCUT2D eigenvalue weighted by molar-refractivity contribution is -0.134. The van der Waals surface area contributed by atoms with Crippen LogP contribution in [0.15, 0.2) is 35.4 Å². The van der Waals surface area contributed by atoms with Gasteiger partial charge in [-0.15, -0.1) is 5.10 Å². The number of benzene rings is 1. The number of carbonyl (C=O) groups excluding carboxylic acids is 1. The summed E-state index contributed by atoms with van der Waals surface area (Å²) in [5.41, 5.74) is 2.15. The minimum absolute atomic E-state index is 0.0214. The molecule has 31 heavy (non-hydrogen) atoms. The van der Waals surface area contributed by atoms with Crippen molar-refractivity contribution in [3.63, 3.8) is 0 Å². The molecule has 0 spiro atoms. The first-order valence-electron chi connectivity index (χ1n) is 9.79. The van der Waals surface area contributed by atoms with E-state index in [2.05, 4.69) is 10.3 Å². The number of nitrogens with one attached hydrogen (secondary N) is 1. The van der Waals surface area contributed by atoms with Gasteiger partial charge in [0.15, 0.2) is 0 Å². The molecule has 2 N–H and O–H groups in total. The molecule has 0 fully saturated rings. The zero-order valence-corrected chi connectivity index (χ0v) is 18.5. The predicted octanol–water partition coefficient (Wildman–Crippen LogP) is 1.41. The standard InChI is InChI=1S/C19H28FN5O5S/c1-14(2)18(19(26)22-27)25(12-11-24-13-15(21-23-24)5-4-10-20)31(28,29)17-8-6-16(30-3)7-9-17/h6-9,13-14,18,27H,4-5,10-12H2,1-3H3,(H,22,26)/t18-/m1/s1. The largest absolute Gasteiger partial charge is 0.497 e. The average molecular weight is 458 g/mol. The van der Waals surface area contributed by atoms with Crippen LogP contribution in [0.5, 0.6) is 5.75 Å². The molecule has 0 aliphatic heterocycles. The van der Waals surface area contributed by atoms with Crippen LogP contribution in [-0.2, 0) is 27.8 Å². The van der Waals surface area contributed by atoms with E-state index in [4.69, 9.17) is 4.74 Å². The molecule has 0 aliphatic carbocycles. The predicted molar refractivity (Wildman–Crippen MR) is 110 cm³/mol. The van der Waals surface area contributed by atoms with Gasteiger partial charge in [-0.2, -0.15) is 4.31 Å². The third-order valence-corrected chi connectivity index (χ3v) is 6.58. The van der Waals surface area contributed by atoms with E-state index in [-0.39, 0.29) is 18.0 Å². The van der Waals surface area contributed by atoms with E-state index in [1.807, 2.05) is 0 Å². The van der Waals surface area contributed by atoms with Crippen LogP contribution >= 0.6 is 0 Å². The number of hydroxylamine groups is 1. The van der Waals surface area contributed by atoms with Crippen LogP contribution in [-0.4, -0.2) is 65.2 Å². The second kappa shape index (κ2) is 11.2. The van der Waals surface area contributed by atoms with Crippen LogP contribution in [0.4, 0.5) is 4.39 Å². The second-order valence-electron chi connectivity index (χ2n) is 7.22. The maximum Gasteiger partial charge on any atom is 0.262 e. The molecule has 1 aromatic carbocycles. The number of amides is 1. The SMILES string of the molecule is COc1ccc(S(=O)(=O)N(CCn2cc(CCCF)nn2)[C@@H](C(=O)NO)C(C)C)cc1. The van der Waals surface area contributed by atoms with Gasteiger partial charge in [0.2, 0.25) is 10.0 Å². The van der Waals surface area contributed by atoms with Gasteiger partial charge in [0, 0.05) is 12.7 Å². The molecule has 2 aromatic rings. The first-order valence-corrected chi connectivity index (χ1v) is 11.2. The highest BCUT2D eigenvalue weighted by Crippen LogP contribution is 2.24. The summed E-state index contributed by atoms with van der Waals surface area (Å²) in [5, 5.41) is 17.1. The monoisotopic (exact) mass is 457 g/mol. The Kier molecular flexibility index (Phi) is 8.89. The minimum Gasteiger partial charge on any atom is -0.497 e. The van der Waals surface area contributed by atoms with Crippen molar-refractivity contribution >= 4 is 15.9 Å². The van der Waals surface area contributed by atoms with Crippen LogP contribution in [0.25, 0.3) is 0 Å². The summed E-state index contributed by atoms with van der Waals surface area (Å²) in [6.07, 6.45) is 2.36. The Labute approximate surface area is 181 Å². The number of ether oxygens (including phenoxy) is 1. The van der Waals surface area contributed by atoms with Crippen LogP contribution in [0.1, 0.15) is 26.0 Å². The molecule has 0 unspecified atom stereocenters. The summed E-state index contributed by atoms with van der Waals surface area (Å²) in [7, 11) is -2.64. The highest BCUT2D eigenvalue weighted by molar-refractivity contribution is 7.89. The van der Waals surface area contributed by atoms with Gasteiger partial charge in [-0.1, -0.05) is 19.1 Å². The number of aromatic nitrogens is 3. The fourth-order valence-electron chi connectivity index (χ4n) is 3.14. The molecular weight excluding hydrogens is 429 g/mol. The van der Waals surface area contributed by atoms with Gasteiger partial charge in [-0.3, -0.25) is 19.1 Å². The fourth-order valence-corrected chi connectivity index (χ4v) is 4.85. The topological polar surface area (TPSA) is 127 Å². The number of hydrogen-bond donors (Lipinski definition) is 2. The fraction of sp³-hybridized carbons (Fsp3) is 0.526. The third-order valence-electron chi connectivity index (χ3n) is 4.69. The number of carbonyl (C=O) groups is 1. The molecule has 1 aromatic heterocycles. The lowest BCUT2D eigenvalue weighted by atomic mass is 10.0. The maximum absolute atomic E-state index is 13.4. The van der Waals surface area contributed by atoms with Crippen molar-refractivity contribution in [3.8, 4) is 5.75 Å². The normalized spacial score (nSPS) is 12.9. The van der Waals surface area contributed by atoms with E-state index in [0.717, 1.165) is 4.31 Å². The summed E-state index contributed by atoms with van der Waals surface area (Å²) < 4.78 is 46.7. The Morgan fingerprint density at radius 1 is 1.32 bits per heavy atom. The highest BCUT2D eigenvalue weighted by Gasteiger charge is 2.37. The van der Waals surface area contributed by atoms with Crippen molar-refractivity contribution in [2.45, 2.75) is 44.2 Å². The van der Waals surface area contributed by atoms with E-state index < -0.39 is 34.6 Å². The van der Waals surface area contributed by atoms with Gasteiger partial charge >= 0.3 is 0 Å². The number of rotatable bonds is 12. The number of methoxy groups -OCH3 is 1. The molecule has 0 aliphatic rings. The van der Waals surface area contributed by atoms with Crippen LogP contribution in [0.2, 0.25) is 0 Å². The number of halogens is 1. The number of hydrogen-bond acceptors (Lipinski definition) is 7. The minimum atomic E-state index is -4.11. The van der Waals surface area contributed by atoms with Gasteiger partial charge in [-0.05, 0) is 43.0 Å². The average Bonchev–Trinajstić information content (AvgIpc) is 3.21. The molecule has 1 heterocycles. The zero-order chi connectivity index (χ0) is 23.0. The van der Waals surface area contributed by atoms with Crippen LogP contribution in [0.3, 0.4) is 0 Å². The maximum atomic E-state index is 13.4. The van der Waals surface area contributed by atoms with E-state index in [0.29, 0.717) is 24.3 Å². The van der Waals surface area contributed by atoms with Crippen LogP contribution < -0.4 is 10.2 Å². The van der Waals surface area contributed by atoms with Gasteiger partial charge in [-0.25, -0.2) is 13.9 Å². The molecule has 10 nitrogen and oxygen atoms in total. The molecule has 1 amide bonds. The highest BCUT2D eigenvalue weighted by atomic mass is 32.2. The Bertz CT molecular complexity index is 949. The summed E-state index contributed by atoms with van der Waals surface area (Å²) in [6, 6.07) is 4.64. The van der Waals surface area contributed by atoms with Crippen molar-refractivity contribution in [3.05, 3.63) is 36.2 Å². The molecule has 12 heteroatoms. The summed E-state index contributed by atoms with van der Waals surface area (Å²) in [4.78, 5) is 12.3. The molecule has 0 bridgehead atoms. The van der Waals surface area contributed by atoms with E-state index in [9.17, 15) is 22.8 Å². The Hall–Kier alpha value is -2.57. The van der Waals surface area contributed by atoms with E-state index in [1.54, 1.807) is 25.5 Å². The molecule has 0 radical (unpaired) electrons. The van der Waals surface area contributed by atoms with Gasteiger partial charge in [0.1, 0.15) is 11.8 Å². The zero-order valence-electron chi connectivity index (χ0n) is 17.7. The molecule has 172 valence electrons. The lowest BCUT2D eigenvalue weighted by Gasteiger charge is -2.31. The van der Waals surface area contributed by atoms with Crippen molar-refractivity contribution in [1.82, 2.24) is 24.8 Å². The molecule has 1 atom stereocenters. The van der Waals surface area contributed by atoms with E-state index in [1.165, 1.54) is 36.1 Å². The summed E-state index contributed by atoms with van der Waals surface area (Å²) >= 11 is 0. The van der Waals surface area contributed by atoms with Gasteiger partial charge in [0.05, 0.1) is 30.9 Å². The third kappa shape index (κ3) is 6.21. The Morgan fingerprint density at radius 3 is 2.55 bits per heavy atom.